The Bertz CT molecular complexity index is 889. The Balaban J connectivity index is 1.61. The van der Waals surface area contributed by atoms with Crippen LogP contribution in [0, 0.1) is 0 Å². The molecule has 0 aromatic carbocycles. The lowest BCUT2D eigenvalue weighted by Crippen LogP contribution is -2.33. The van der Waals surface area contributed by atoms with Crippen LogP contribution < -0.4 is 5.32 Å². The SMILES string of the molecule is OC[C@H]1O[C@@H](n2cnc3c(NCc4ccncc4)ncnc32)[C@H](O)[C@@H]1O. The molecule has 0 bridgehead atoms. The van der Waals surface area contributed by atoms with E-state index in [2.05, 4.69) is 25.3 Å². The zero-order valence-corrected chi connectivity index (χ0v) is 13.7. The molecule has 1 fully saturated rings. The van der Waals surface area contributed by atoms with Gasteiger partial charge in [0.15, 0.2) is 23.2 Å². The van der Waals surface area contributed by atoms with Crippen molar-refractivity contribution in [1.82, 2.24) is 24.5 Å². The minimum absolute atomic E-state index is 0.394. The number of ether oxygens (including phenoxy) is 1. The molecule has 3 aromatic rings. The number of anilines is 1. The molecule has 10 heteroatoms. The summed E-state index contributed by atoms with van der Waals surface area (Å²) in [5, 5.41) is 32.6. The molecule has 1 saturated heterocycles. The van der Waals surface area contributed by atoms with Crippen LogP contribution in [0.4, 0.5) is 5.82 Å². The third-order valence-electron chi connectivity index (χ3n) is 4.36. The molecular formula is C16H18N6O4. The van der Waals surface area contributed by atoms with E-state index in [1.807, 2.05) is 12.1 Å². The van der Waals surface area contributed by atoms with Gasteiger partial charge < -0.3 is 25.4 Å². The van der Waals surface area contributed by atoms with Crippen LogP contribution in [-0.4, -0.2) is 64.7 Å². The van der Waals surface area contributed by atoms with E-state index in [1.165, 1.54) is 17.2 Å². The third kappa shape index (κ3) is 2.88. The molecule has 0 unspecified atom stereocenters. The van der Waals surface area contributed by atoms with Gasteiger partial charge in [-0.3, -0.25) is 9.55 Å². The molecule has 4 N–H and O–H groups in total. The van der Waals surface area contributed by atoms with Crippen molar-refractivity contribution >= 4 is 17.0 Å². The molecular weight excluding hydrogens is 340 g/mol. The number of aromatic nitrogens is 5. The largest absolute Gasteiger partial charge is 0.394 e. The van der Waals surface area contributed by atoms with Crippen LogP contribution in [0.1, 0.15) is 11.8 Å². The Morgan fingerprint density at radius 1 is 1.12 bits per heavy atom. The standard InChI is InChI=1S/C16H18N6O4/c23-6-10-12(24)13(25)16(26-10)22-8-21-11-14(19-7-20-15(11)22)18-5-9-1-3-17-4-2-9/h1-4,7-8,10,12-13,16,23-25H,5-6H2,(H,18,19,20)/t10-,12-,13-,16-/m1/s1. The van der Waals surface area contributed by atoms with Crippen LogP contribution >= 0.6 is 0 Å². The molecule has 26 heavy (non-hydrogen) atoms. The molecule has 0 aliphatic carbocycles. The van der Waals surface area contributed by atoms with Crippen LogP contribution in [-0.2, 0) is 11.3 Å². The fourth-order valence-electron chi connectivity index (χ4n) is 2.96. The van der Waals surface area contributed by atoms with Crippen LogP contribution in [0.2, 0.25) is 0 Å². The summed E-state index contributed by atoms with van der Waals surface area (Å²) in [6.45, 7) is 0.143. The second-order valence-corrected chi connectivity index (χ2v) is 5.98. The summed E-state index contributed by atoms with van der Waals surface area (Å²) in [7, 11) is 0. The van der Waals surface area contributed by atoms with E-state index in [-0.39, 0.29) is 0 Å². The van der Waals surface area contributed by atoms with Crippen molar-refractivity contribution in [2.24, 2.45) is 0 Å². The van der Waals surface area contributed by atoms with Gasteiger partial charge in [-0.25, -0.2) is 15.0 Å². The molecule has 4 atom stereocenters. The Hall–Kier alpha value is -2.66. The number of hydrogen-bond acceptors (Lipinski definition) is 9. The summed E-state index contributed by atoms with van der Waals surface area (Å²) >= 11 is 0. The van der Waals surface area contributed by atoms with E-state index in [9.17, 15) is 15.3 Å². The van der Waals surface area contributed by atoms with Gasteiger partial charge in [-0.05, 0) is 17.7 Å². The van der Waals surface area contributed by atoms with Gasteiger partial charge in [-0.1, -0.05) is 0 Å². The topological polar surface area (TPSA) is 138 Å². The van der Waals surface area contributed by atoms with E-state index in [0.29, 0.717) is 23.5 Å². The summed E-state index contributed by atoms with van der Waals surface area (Å²) in [4.78, 5) is 16.7. The Morgan fingerprint density at radius 3 is 2.65 bits per heavy atom. The Labute approximate surface area is 148 Å². The lowest BCUT2D eigenvalue weighted by atomic mass is 10.1. The minimum atomic E-state index is -1.20. The predicted molar refractivity (Wildman–Crippen MR) is 89.9 cm³/mol. The zero-order valence-electron chi connectivity index (χ0n) is 13.7. The first-order valence-corrected chi connectivity index (χ1v) is 8.12. The number of rotatable bonds is 5. The van der Waals surface area contributed by atoms with Gasteiger partial charge in [-0.15, -0.1) is 0 Å². The average molecular weight is 358 g/mol. The smallest absolute Gasteiger partial charge is 0.167 e. The Morgan fingerprint density at radius 2 is 1.92 bits per heavy atom. The highest BCUT2D eigenvalue weighted by atomic mass is 16.6. The number of fused-ring (bicyclic) bond motifs is 1. The van der Waals surface area contributed by atoms with E-state index in [0.717, 1.165) is 5.56 Å². The minimum Gasteiger partial charge on any atom is -0.394 e. The van der Waals surface area contributed by atoms with Crippen LogP contribution in [0.25, 0.3) is 11.2 Å². The summed E-state index contributed by atoms with van der Waals surface area (Å²) in [5.41, 5.74) is 2.00. The van der Waals surface area contributed by atoms with Crippen molar-refractivity contribution in [3.05, 3.63) is 42.7 Å². The maximum atomic E-state index is 10.2. The van der Waals surface area contributed by atoms with Gasteiger partial charge in [0.2, 0.25) is 0 Å². The molecule has 0 amide bonds. The van der Waals surface area contributed by atoms with Crippen molar-refractivity contribution in [2.45, 2.75) is 31.1 Å². The highest BCUT2D eigenvalue weighted by Crippen LogP contribution is 2.32. The zero-order chi connectivity index (χ0) is 18.1. The number of hydrogen-bond donors (Lipinski definition) is 4. The van der Waals surface area contributed by atoms with Crippen LogP contribution in [0.5, 0.6) is 0 Å². The predicted octanol–water partition coefficient (Wildman–Crippen LogP) is -0.555. The highest BCUT2D eigenvalue weighted by molar-refractivity contribution is 5.82. The highest BCUT2D eigenvalue weighted by Gasteiger charge is 2.44. The van der Waals surface area contributed by atoms with Gasteiger partial charge in [-0.2, -0.15) is 0 Å². The maximum Gasteiger partial charge on any atom is 0.167 e. The van der Waals surface area contributed by atoms with Crippen molar-refractivity contribution in [1.29, 1.82) is 0 Å². The fourth-order valence-corrected chi connectivity index (χ4v) is 2.96. The third-order valence-corrected chi connectivity index (χ3v) is 4.36. The fraction of sp³-hybridized carbons (Fsp3) is 0.375. The summed E-state index contributed by atoms with van der Waals surface area (Å²) in [6, 6.07) is 3.78. The van der Waals surface area contributed by atoms with E-state index in [4.69, 9.17) is 4.74 Å². The number of nitrogens with zero attached hydrogens (tertiary/aromatic N) is 5. The first-order chi connectivity index (χ1) is 12.7. The van der Waals surface area contributed by atoms with Crippen molar-refractivity contribution < 1.29 is 20.1 Å². The molecule has 0 spiro atoms. The number of aliphatic hydroxyl groups is 3. The molecule has 1 aliphatic heterocycles. The molecule has 1 aliphatic rings. The molecule has 10 nitrogen and oxygen atoms in total. The van der Waals surface area contributed by atoms with Gasteiger partial charge in [0.1, 0.15) is 24.6 Å². The first kappa shape index (κ1) is 16.8. The molecule has 3 aromatic heterocycles. The molecule has 0 radical (unpaired) electrons. The molecule has 4 heterocycles. The normalized spacial score (nSPS) is 25.7. The second kappa shape index (κ2) is 6.92. The van der Waals surface area contributed by atoms with Gasteiger partial charge >= 0.3 is 0 Å². The van der Waals surface area contributed by atoms with Gasteiger partial charge in [0.05, 0.1) is 12.9 Å². The van der Waals surface area contributed by atoms with Crippen molar-refractivity contribution in [2.75, 3.05) is 11.9 Å². The van der Waals surface area contributed by atoms with Gasteiger partial charge in [0.25, 0.3) is 0 Å². The monoisotopic (exact) mass is 358 g/mol. The quantitative estimate of drug-likeness (QED) is 0.473. The van der Waals surface area contributed by atoms with E-state index >= 15 is 0 Å². The van der Waals surface area contributed by atoms with Gasteiger partial charge in [0, 0.05) is 18.9 Å². The van der Waals surface area contributed by atoms with Crippen LogP contribution in [0.3, 0.4) is 0 Å². The maximum absolute atomic E-state index is 10.2. The molecule has 4 rings (SSSR count). The lowest BCUT2D eigenvalue weighted by molar-refractivity contribution is -0.0511. The van der Waals surface area contributed by atoms with Crippen molar-refractivity contribution in [3.63, 3.8) is 0 Å². The van der Waals surface area contributed by atoms with Crippen LogP contribution in [0.15, 0.2) is 37.2 Å². The van der Waals surface area contributed by atoms with E-state index in [1.54, 1.807) is 12.4 Å². The Kier molecular flexibility index (Phi) is 4.47. The average Bonchev–Trinajstić information content (AvgIpc) is 3.23. The van der Waals surface area contributed by atoms with E-state index < -0.39 is 31.1 Å². The summed E-state index contributed by atoms with van der Waals surface area (Å²) in [5.74, 6) is 0.539. The first-order valence-electron chi connectivity index (χ1n) is 8.12. The summed E-state index contributed by atoms with van der Waals surface area (Å²) in [6.07, 6.45) is 2.13. The summed E-state index contributed by atoms with van der Waals surface area (Å²) < 4.78 is 7.07. The van der Waals surface area contributed by atoms with Crippen molar-refractivity contribution in [3.8, 4) is 0 Å². The number of pyridine rings is 1. The number of imidazole rings is 1. The molecule has 0 saturated carbocycles. The molecule has 136 valence electrons. The lowest BCUT2D eigenvalue weighted by Gasteiger charge is -2.16. The number of nitrogens with one attached hydrogen (secondary N) is 1. The number of aliphatic hydroxyl groups excluding tert-OH is 3. The second-order valence-electron chi connectivity index (χ2n) is 5.98.